The highest BCUT2D eigenvalue weighted by molar-refractivity contribution is 5.78. The maximum Gasteiger partial charge on any atom is 0.311 e. The van der Waals surface area contributed by atoms with E-state index in [0.717, 1.165) is 11.3 Å². The third-order valence-electron chi connectivity index (χ3n) is 2.48. The van der Waals surface area contributed by atoms with E-state index in [4.69, 9.17) is 5.11 Å². The van der Waals surface area contributed by atoms with Crippen LogP contribution in [0.2, 0.25) is 0 Å². The summed E-state index contributed by atoms with van der Waals surface area (Å²) in [5.41, 5.74) is 1.70. The number of hydrogen-bond donors (Lipinski definition) is 2. The summed E-state index contributed by atoms with van der Waals surface area (Å²) in [4.78, 5) is 11.1. The van der Waals surface area contributed by atoms with Gasteiger partial charge in [0.25, 0.3) is 0 Å². The van der Waals surface area contributed by atoms with Crippen molar-refractivity contribution >= 4 is 11.7 Å². The second-order valence-corrected chi connectivity index (χ2v) is 3.56. The van der Waals surface area contributed by atoms with Gasteiger partial charge in [-0.1, -0.05) is 31.2 Å². The Bertz CT molecular complexity index is 374. The molecule has 1 aromatic rings. The van der Waals surface area contributed by atoms with E-state index in [2.05, 4.69) is 11.9 Å². The van der Waals surface area contributed by atoms with Crippen LogP contribution in [0.15, 0.2) is 36.9 Å². The standard InChI is InChI=1S/C13H17NO2/c1-3-9-14-12-8-6-5-7-11(12)10(4-2)13(15)16/h3,5-8,10,14H,1,4,9H2,2H3,(H,15,16). The summed E-state index contributed by atoms with van der Waals surface area (Å²) in [6.45, 7) is 6.14. The van der Waals surface area contributed by atoms with Gasteiger partial charge in [0.1, 0.15) is 0 Å². The van der Waals surface area contributed by atoms with Crippen LogP contribution in [0, 0.1) is 0 Å². The first-order valence-corrected chi connectivity index (χ1v) is 5.37. The fraction of sp³-hybridized carbons (Fsp3) is 0.308. The van der Waals surface area contributed by atoms with Gasteiger partial charge < -0.3 is 10.4 Å². The smallest absolute Gasteiger partial charge is 0.311 e. The zero-order valence-electron chi connectivity index (χ0n) is 9.44. The first kappa shape index (κ1) is 12.3. The Hall–Kier alpha value is -1.77. The highest BCUT2D eigenvalue weighted by Gasteiger charge is 2.19. The molecule has 16 heavy (non-hydrogen) atoms. The van der Waals surface area contributed by atoms with Crippen molar-refractivity contribution < 1.29 is 9.90 Å². The lowest BCUT2D eigenvalue weighted by Crippen LogP contribution is -2.13. The molecule has 0 amide bonds. The van der Waals surface area contributed by atoms with Gasteiger partial charge in [-0.05, 0) is 18.1 Å². The van der Waals surface area contributed by atoms with Crippen molar-refractivity contribution in [2.45, 2.75) is 19.3 Å². The molecule has 2 N–H and O–H groups in total. The van der Waals surface area contributed by atoms with Crippen molar-refractivity contribution in [2.24, 2.45) is 0 Å². The molecule has 3 heteroatoms. The summed E-state index contributed by atoms with van der Waals surface area (Å²) in [6.07, 6.45) is 2.33. The van der Waals surface area contributed by atoms with Crippen LogP contribution in [-0.4, -0.2) is 17.6 Å². The average molecular weight is 219 g/mol. The number of aliphatic carboxylic acids is 1. The molecule has 1 rings (SSSR count). The molecule has 0 aliphatic carbocycles. The van der Waals surface area contributed by atoms with Gasteiger partial charge in [0.2, 0.25) is 0 Å². The lowest BCUT2D eigenvalue weighted by atomic mass is 9.95. The molecular weight excluding hydrogens is 202 g/mol. The van der Waals surface area contributed by atoms with Gasteiger partial charge in [-0.3, -0.25) is 4.79 Å². The van der Waals surface area contributed by atoms with Gasteiger partial charge in [0.05, 0.1) is 5.92 Å². The number of carboxylic acid groups (broad SMARTS) is 1. The third kappa shape index (κ3) is 2.86. The van der Waals surface area contributed by atoms with E-state index in [9.17, 15) is 4.79 Å². The van der Waals surface area contributed by atoms with Crippen LogP contribution >= 0.6 is 0 Å². The van der Waals surface area contributed by atoms with E-state index < -0.39 is 11.9 Å². The largest absolute Gasteiger partial charge is 0.481 e. The maximum absolute atomic E-state index is 11.1. The number of hydrogen-bond acceptors (Lipinski definition) is 2. The zero-order valence-corrected chi connectivity index (χ0v) is 9.44. The topological polar surface area (TPSA) is 49.3 Å². The molecule has 0 aromatic heterocycles. The first-order chi connectivity index (χ1) is 7.70. The molecule has 0 fully saturated rings. The van der Waals surface area contributed by atoms with Crippen molar-refractivity contribution in [1.82, 2.24) is 0 Å². The number of anilines is 1. The number of carbonyl (C=O) groups is 1. The van der Waals surface area contributed by atoms with Crippen LogP contribution < -0.4 is 5.32 Å². The van der Waals surface area contributed by atoms with Crippen molar-refractivity contribution in [1.29, 1.82) is 0 Å². The van der Waals surface area contributed by atoms with E-state index in [1.54, 1.807) is 6.08 Å². The number of rotatable bonds is 6. The van der Waals surface area contributed by atoms with Crippen LogP contribution in [-0.2, 0) is 4.79 Å². The minimum absolute atomic E-state index is 0.450. The summed E-state index contributed by atoms with van der Waals surface area (Å²) < 4.78 is 0. The second kappa shape index (κ2) is 5.95. The summed E-state index contributed by atoms with van der Waals surface area (Å²) >= 11 is 0. The minimum atomic E-state index is -0.782. The molecule has 86 valence electrons. The normalized spacial score (nSPS) is 11.8. The molecule has 0 aliphatic heterocycles. The zero-order chi connectivity index (χ0) is 12.0. The molecule has 0 heterocycles. The molecule has 0 saturated heterocycles. The van der Waals surface area contributed by atoms with Gasteiger partial charge >= 0.3 is 5.97 Å². The van der Waals surface area contributed by atoms with Crippen LogP contribution in [0.1, 0.15) is 24.8 Å². The summed E-state index contributed by atoms with van der Waals surface area (Å²) in [5.74, 6) is -1.23. The van der Waals surface area contributed by atoms with Crippen LogP contribution in [0.3, 0.4) is 0 Å². The van der Waals surface area contributed by atoms with E-state index in [1.807, 2.05) is 31.2 Å². The SMILES string of the molecule is C=CCNc1ccccc1C(CC)C(=O)O. The van der Waals surface area contributed by atoms with Crippen molar-refractivity contribution in [3.63, 3.8) is 0 Å². The van der Waals surface area contributed by atoms with E-state index >= 15 is 0 Å². The predicted molar refractivity (Wildman–Crippen MR) is 65.8 cm³/mol. The van der Waals surface area contributed by atoms with E-state index in [-0.39, 0.29) is 0 Å². The van der Waals surface area contributed by atoms with Gasteiger partial charge in [-0.15, -0.1) is 6.58 Å². The fourth-order valence-electron chi connectivity index (χ4n) is 1.67. The van der Waals surface area contributed by atoms with E-state index in [1.165, 1.54) is 0 Å². The van der Waals surface area contributed by atoms with Gasteiger partial charge in [0, 0.05) is 12.2 Å². The van der Waals surface area contributed by atoms with Crippen molar-refractivity contribution in [3.05, 3.63) is 42.5 Å². The van der Waals surface area contributed by atoms with Crippen molar-refractivity contribution in [3.8, 4) is 0 Å². The summed E-state index contributed by atoms with van der Waals surface area (Å²) in [7, 11) is 0. The molecule has 1 aromatic carbocycles. The summed E-state index contributed by atoms with van der Waals surface area (Å²) in [6, 6.07) is 7.50. The lowest BCUT2D eigenvalue weighted by molar-refractivity contribution is -0.138. The monoisotopic (exact) mass is 219 g/mol. The van der Waals surface area contributed by atoms with Gasteiger partial charge in [-0.2, -0.15) is 0 Å². The fourth-order valence-corrected chi connectivity index (χ4v) is 1.67. The maximum atomic E-state index is 11.1. The Kier molecular flexibility index (Phi) is 4.58. The Balaban J connectivity index is 3.00. The average Bonchev–Trinajstić information content (AvgIpc) is 2.28. The van der Waals surface area contributed by atoms with Gasteiger partial charge in [-0.25, -0.2) is 0 Å². The number of para-hydroxylation sites is 1. The molecule has 3 nitrogen and oxygen atoms in total. The quantitative estimate of drug-likeness (QED) is 0.723. The molecule has 1 unspecified atom stereocenters. The highest BCUT2D eigenvalue weighted by atomic mass is 16.4. The summed E-state index contributed by atoms with van der Waals surface area (Å²) in [5, 5.41) is 12.3. The van der Waals surface area contributed by atoms with Gasteiger partial charge in [0.15, 0.2) is 0 Å². The Morgan fingerprint density at radius 3 is 2.81 bits per heavy atom. The van der Waals surface area contributed by atoms with Crippen LogP contribution in [0.5, 0.6) is 0 Å². The highest BCUT2D eigenvalue weighted by Crippen LogP contribution is 2.27. The second-order valence-electron chi connectivity index (χ2n) is 3.56. The minimum Gasteiger partial charge on any atom is -0.481 e. The van der Waals surface area contributed by atoms with Crippen molar-refractivity contribution in [2.75, 3.05) is 11.9 Å². The molecule has 0 spiro atoms. The molecule has 0 aliphatic rings. The Morgan fingerprint density at radius 2 is 2.25 bits per heavy atom. The number of nitrogens with one attached hydrogen (secondary N) is 1. The predicted octanol–water partition coefficient (Wildman–Crippen LogP) is 2.86. The number of carboxylic acids is 1. The molecule has 0 bridgehead atoms. The van der Waals surface area contributed by atoms with E-state index in [0.29, 0.717) is 13.0 Å². The van der Waals surface area contributed by atoms with Crippen LogP contribution in [0.4, 0.5) is 5.69 Å². The number of benzene rings is 1. The lowest BCUT2D eigenvalue weighted by Gasteiger charge is -2.15. The molecular formula is C13H17NO2. The molecule has 1 atom stereocenters. The molecule has 0 saturated carbocycles. The van der Waals surface area contributed by atoms with Crippen LogP contribution in [0.25, 0.3) is 0 Å². The third-order valence-corrected chi connectivity index (χ3v) is 2.48. The molecule has 0 radical (unpaired) electrons. The Morgan fingerprint density at radius 1 is 1.56 bits per heavy atom. The first-order valence-electron chi connectivity index (χ1n) is 5.37. The Labute approximate surface area is 95.8 Å².